The van der Waals surface area contributed by atoms with Crippen molar-refractivity contribution >= 4 is 12.0 Å². The lowest BCUT2D eigenvalue weighted by atomic mass is 9.81. The molecule has 1 saturated carbocycles. The van der Waals surface area contributed by atoms with Crippen LogP contribution >= 0.6 is 0 Å². The summed E-state index contributed by atoms with van der Waals surface area (Å²) in [5, 5.41) is 6.46. The van der Waals surface area contributed by atoms with Gasteiger partial charge in [-0.15, -0.1) is 0 Å². The predicted octanol–water partition coefficient (Wildman–Crippen LogP) is 3.48. The van der Waals surface area contributed by atoms with Crippen LogP contribution in [0.3, 0.4) is 0 Å². The lowest BCUT2D eigenvalue weighted by molar-refractivity contribution is -0.128. The first kappa shape index (κ1) is 20.4. The zero-order chi connectivity index (χ0) is 19.2. The summed E-state index contributed by atoms with van der Waals surface area (Å²) in [4.78, 5) is 28.5. The van der Waals surface area contributed by atoms with Crippen molar-refractivity contribution in [3.8, 4) is 0 Å². The van der Waals surface area contributed by atoms with E-state index in [1.165, 1.54) is 0 Å². The normalized spacial score (nSPS) is 26.3. The fraction of sp³-hybridized carbons (Fsp3) is 0.889. The van der Waals surface area contributed by atoms with Gasteiger partial charge in [-0.3, -0.25) is 4.79 Å². The number of hydrogen-bond donors (Lipinski definition) is 1. The number of carbonyl (C=O) groups is 2. The molecule has 0 aromatic heterocycles. The summed E-state index contributed by atoms with van der Waals surface area (Å²) in [5.41, 5.74) is 7.93. The maximum Gasteiger partial charge on any atom is 0.407 e. The van der Waals surface area contributed by atoms with Crippen molar-refractivity contribution in [3.63, 3.8) is 0 Å². The summed E-state index contributed by atoms with van der Waals surface area (Å²) in [6.07, 6.45) is 4.41. The number of nitrogens with one attached hydrogen (secondary N) is 1. The molecule has 2 fully saturated rings. The highest BCUT2D eigenvalue weighted by atomic mass is 16.6. The number of alkyl carbamates (subject to hydrolysis) is 1. The van der Waals surface area contributed by atoms with Crippen molar-refractivity contribution in [1.29, 1.82) is 0 Å². The van der Waals surface area contributed by atoms with Gasteiger partial charge in [0.2, 0.25) is 5.91 Å². The van der Waals surface area contributed by atoms with Gasteiger partial charge in [0.05, 0.1) is 0 Å². The summed E-state index contributed by atoms with van der Waals surface area (Å²) >= 11 is 0. The standard InChI is InChI=1S/C18H31N5O3/c1-18(2,3)26-17(25)20-9-13-4-6-14(7-5-13)11-23-12-15(8-16(23)24)10-21-22-19/h13-15H,4-12H2,1-3H3,(H,20,25). The Kier molecular flexibility index (Phi) is 7.14. The van der Waals surface area contributed by atoms with Crippen molar-refractivity contribution in [3.05, 3.63) is 10.4 Å². The van der Waals surface area contributed by atoms with Crippen molar-refractivity contribution in [2.24, 2.45) is 22.9 Å². The van der Waals surface area contributed by atoms with Crippen LogP contribution in [0, 0.1) is 17.8 Å². The Bertz CT molecular complexity index is 546. The molecule has 0 aromatic rings. The molecule has 0 aromatic carbocycles. The van der Waals surface area contributed by atoms with E-state index in [-0.39, 0.29) is 17.9 Å². The first-order valence-electron chi connectivity index (χ1n) is 9.52. The highest BCUT2D eigenvalue weighted by Crippen LogP contribution is 2.30. The van der Waals surface area contributed by atoms with Crippen LogP contribution < -0.4 is 5.32 Å². The molecule has 1 N–H and O–H groups in total. The molecule has 1 unspecified atom stereocenters. The van der Waals surface area contributed by atoms with E-state index in [9.17, 15) is 9.59 Å². The number of amides is 2. The second-order valence-electron chi connectivity index (χ2n) is 8.55. The number of azide groups is 1. The van der Waals surface area contributed by atoms with Crippen LogP contribution in [0.5, 0.6) is 0 Å². The molecule has 1 saturated heterocycles. The Labute approximate surface area is 155 Å². The molecule has 8 nitrogen and oxygen atoms in total. The Balaban J connectivity index is 1.66. The number of hydrogen-bond acceptors (Lipinski definition) is 4. The van der Waals surface area contributed by atoms with Crippen LogP contribution in [0.25, 0.3) is 10.4 Å². The van der Waals surface area contributed by atoms with Crippen molar-refractivity contribution in [1.82, 2.24) is 10.2 Å². The maximum atomic E-state index is 12.1. The molecule has 8 heteroatoms. The molecule has 2 amide bonds. The van der Waals surface area contributed by atoms with E-state index in [2.05, 4.69) is 15.3 Å². The number of rotatable bonds is 6. The van der Waals surface area contributed by atoms with Crippen LogP contribution in [0.15, 0.2) is 5.11 Å². The summed E-state index contributed by atoms with van der Waals surface area (Å²) < 4.78 is 5.26. The average molecular weight is 365 g/mol. The third-order valence-corrected chi connectivity index (χ3v) is 5.08. The van der Waals surface area contributed by atoms with E-state index in [0.717, 1.165) is 32.2 Å². The zero-order valence-corrected chi connectivity index (χ0v) is 16.1. The molecule has 0 radical (unpaired) electrons. The van der Waals surface area contributed by atoms with E-state index < -0.39 is 5.60 Å². The smallest absolute Gasteiger partial charge is 0.407 e. The zero-order valence-electron chi connectivity index (χ0n) is 16.1. The summed E-state index contributed by atoms with van der Waals surface area (Å²) in [6, 6.07) is 0. The highest BCUT2D eigenvalue weighted by molar-refractivity contribution is 5.78. The molecule has 26 heavy (non-hydrogen) atoms. The number of nitrogens with zero attached hydrogens (tertiary/aromatic N) is 4. The summed E-state index contributed by atoms with van der Waals surface area (Å²) in [5.74, 6) is 1.34. The molecule has 1 heterocycles. The van der Waals surface area contributed by atoms with E-state index in [4.69, 9.17) is 10.3 Å². The van der Waals surface area contributed by atoms with Gasteiger partial charge < -0.3 is 15.0 Å². The minimum atomic E-state index is -0.472. The van der Waals surface area contributed by atoms with E-state index in [0.29, 0.717) is 37.9 Å². The third kappa shape index (κ3) is 6.75. The Hall–Kier alpha value is -1.95. The number of carbonyl (C=O) groups excluding carboxylic acids is 2. The molecular weight excluding hydrogens is 334 g/mol. The molecule has 1 atom stereocenters. The topological polar surface area (TPSA) is 107 Å². The van der Waals surface area contributed by atoms with Crippen LogP contribution in [0.1, 0.15) is 52.9 Å². The first-order valence-corrected chi connectivity index (χ1v) is 9.52. The van der Waals surface area contributed by atoms with E-state index in [1.54, 1.807) is 0 Å². The second-order valence-corrected chi connectivity index (χ2v) is 8.55. The number of ether oxygens (including phenoxy) is 1. The van der Waals surface area contributed by atoms with E-state index in [1.807, 2.05) is 25.7 Å². The van der Waals surface area contributed by atoms with Crippen LogP contribution in [0.2, 0.25) is 0 Å². The highest BCUT2D eigenvalue weighted by Gasteiger charge is 2.32. The van der Waals surface area contributed by atoms with Crippen LogP contribution in [-0.2, 0) is 9.53 Å². The van der Waals surface area contributed by atoms with Crippen molar-refractivity contribution < 1.29 is 14.3 Å². The molecular formula is C18H31N5O3. The molecule has 146 valence electrons. The Morgan fingerprint density at radius 1 is 1.27 bits per heavy atom. The van der Waals surface area contributed by atoms with Gasteiger partial charge in [-0.2, -0.15) is 0 Å². The fourth-order valence-corrected chi connectivity index (χ4v) is 3.78. The van der Waals surface area contributed by atoms with Crippen molar-refractivity contribution in [2.75, 3.05) is 26.2 Å². The molecule has 2 rings (SSSR count). The molecule has 1 aliphatic carbocycles. The lowest BCUT2D eigenvalue weighted by Crippen LogP contribution is -2.37. The number of likely N-dealkylation sites (tertiary alicyclic amines) is 1. The van der Waals surface area contributed by atoms with Gasteiger partial charge in [-0.1, -0.05) is 5.11 Å². The van der Waals surface area contributed by atoms with Gasteiger partial charge in [-0.05, 0) is 69.7 Å². The second kappa shape index (κ2) is 9.12. The monoisotopic (exact) mass is 365 g/mol. The summed E-state index contributed by atoms with van der Waals surface area (Å²) in [6.45, 7) is 8.13. The van der Waals surface area contributed by atoms with Gasteiger partial charge in [0.1, 0.15) is 5.60 Å². The van der Waals surface area contributed by atoms with E-state index >= 15 is 0 Å². The van der Waals surface area contributed by atoms with Gasteiger partial charge in [0.15, 0.2) is 0 Å². The largest absolute Gasteiger partial charge is 0.444 e. The van der Waals surface area contributed by atoms with Crippen LogP contribution in [-0.4, -0.2) is 48.7 Å². The fourth-order valence-electron chi connectivity index (χ4n) is 3.78. The third-order valence-electron chi connectivity index (χ3n) is 5.08. The van der Waals surface area contributed by atoms with Gasteiger partial charge in [-0.25, -0.2) is 4.79 Å². The van der Waals surface area contributed by atoms with Crippen molar-refractivity contribution in [2.45, 2.75) is 58.5 Å². The minimum Gasteiger partial charge on any atom is -0.444 e. The predicted molar refractivity (Wildman–Crippen MR) is 98.4 cm³/mol. The van der Waals surface area contributed by atoms with Gasteiger partial charge >= 0.3 is 6.09 Å². The van der Waals surface area contributed by atoms with Gasteiger partial charge in [0.25, 0.3) is 0 Å². The SMILES string of the molecule is CC(C)(C)OC(=O)NCC1CCC(CN2CC(CN=[N+]=[N-])CC2=O)CC1. The Morgan fingerprint density at radius 3 is 2.54 bits per heavy atom. The van der Waals surface area contributed by atoms with Gasteiger partial charge in [0, 0.05) is 37.5 Å². The Morgan fingerprint density at radius 2 is 1.92 bits per heavy atom. The first-order chi connectivity index (χ1) is 12.3. The molecule has 0 spiro atoms. The maximum absolute atomic E-state index is 12.1. The average Bonchev–Trinajstić information content (AvgIpc) is 2.90. The lowest BCUT2D eigenvalue weighted by Gasteiger charge is -2.31. The molecule has 2 aliphatic rings. The van der Waals surface area contributed by atoms with Crippen LogP contribution in [0.4, 0.5) is 4.79 Å². The molecule has 1 aliphatic heterocycles. The summed E-state index contributed by atoms with van der Waals surface area (Å²) in [7, 11) is 0. The quantitative estimate of drug-likeness (QED) is 0.442. The minimum absolute atomic E-state index is 0.160. The molecule has 0 bridgehead atoms.